The molecule has 1 N–H and O–H groups in total. The Balaban J connectivity index is 1.58. The molecule has 0 bridgehead atoms. The van der Waals surface area contributed by atoms with Gasteiger partial charge in [0.25, 0.3) is 0 Å². The molecule has 5 heteroatoms. The van der Waals surface area contributed by atoms with Crippen molar-refractivity contribution in [3.05, 3.63) is 35.4 Å². The molecule has 0 atom stereocenters. The third-order valence-electron chi connectivity index (χ3n) is 4.39. The minimum atomic E-state index is 0.668. The Labute approximate surface area is 120 Å². The van der Waals surface area contributed by atoms with Gasteiger partial charge < -0.3 is 0 Å². The summed E-state index contributed by atoms with van der Waals surface area (Å²) in [4.78, 5) is 2.54. The van der Waals surface area contributed by atoms with Gasteiger partial charge in [-0.3, -0.25) is 14.7 Å². The zero-order valence-electron chi connectivity index (χ0n) is 12.3. The van der Waals surface area contributed by atoms with Gasteiger partial charge in [-0.25, -0.2) is 0 Å². The van der Waals surface area contributed by atoms with Gasteiger partial charge in [0, 0.05) is 25.0 Å². The second-order valence-electron chi connectivity index (χ2n) is 5.64. The van der Waals surface area contributed by atoms with Crippen LogP contribution in [0.25, 0.3) is 0 Å². The number of aromatic amines is 1. The van der Waals surface area contributed by atoms with Crippen LogP contribution in [-0.4, -0.2) is 38.0 Å². The van der Waals surface area contributed by atoms with Crippen LogP contribution in [0.15, 0.2) is 18.5 Å². The molecule has 1 saturated heterocycles. The van der Waals surface area contributed by atoms with E-state index in [1.807, 2.05) is 12.4 Å². The Hall–Kier alpha value is -1.62. The Morgan fingerprint density at radius 1 is 1.35 bits per heavy atom. The molecule has 2 aromatic heterocycles. The van der Waals surface area contributed by atoms with E-state index in [-0.39, 0.29) is 0 Å². The van der Waals surface area contributed by atoms with Crippen molar-refractivity contribution in [2.45, 2.75) is 45.7 Å². The molecule has 0 unspecified atom stereocenters. The maximum absolute atomic E-state index is 4.34. The zero-order valence-corrected chi connectivity index (χ0v) is 12.3. The van der Waals surface area contributed by atoms with Crippen LogP contribution in [0.5, 0.6) is 0 Å². The molecule has 3 heterocycles. The van der Waals surface area contributed by atoms with E-state index in [0.29, 0.717) is 5.92 Å². The minimum absolute atomic E-state index is 0.668. The van der Waals surface area contributed by atoms with Gasteiger partial charge in [0.1, 0.15) is 0 Å². The van der Waals surface area contributed by atoms with Crippen LogP contribution in [0, 0.1) is 6.92 Å². The van der Waals surface area contributed by atoms with E-state index in [2.05, 4.69) is 44.8 Å². The largest absolute Gasteiger partial charge is 0.297 e. The fraction of sp³-hybridized carbons (Fsp3) is 0.600. The molecule has 3 rings (SSSR count). The molecular formula is C15H23N5. The molecule has 0 aromatic carbocycles. The van der Waals surface area contributed by atoms with E-state index in [0.717, 1.165) is 26.2 Å². The summed E-state index contributed by atoms with van der Waals surface area (Å²) in [6.07, 6.45) is 6.35. The summed E-state index contributed by atoms with van der Waals surface area (Å²) >= 11 is 0. The summed E-state index contributed by atoms with van der Waals surface area (Å²) in [6, 6.07) is 2.13. The number of nitrogens with one attached hydrogen (secondary N) is 1. The van der Waals surface area contributed by atoms with E-state index in [1.54, 1.807) is 0 Å². The lowest BCUT2D eigenvalue weighted by Crippen LogP contribution is -2.33. The zero-order chi connectivity index (χ0) is 13.9. The number of likely N-dealkylation sites (tertiary alicyclic amines) is 1. The van der Waals surface area contributed by atoms with Gasteiger partial charge in [-0.2, -0.15) is 10.2 Å². The van der Waals surface area contributed by atoms with Crippen LogP contribution in [-0.2, 0) is 13.1 Å². The molecule has 5 nitrogen and oxygen atoms in total. The molecular weight excluding hydrogens is 250 g/mol. The lowest BCUT2D eigenvalue weighted by Gasteiger charge is -2.31. The third kappa shape index (κ3) is 2.63. The fourth-order valence-electron chi connectivity index (χ4n) is 3.18. The average molecular weight is 273 g/mol. The Bertz CT molecular complexity index is 548. The number of H-pyrrole nitrogens is 1. The van der Waals surface area contributed by atoms with Crippen molar-refractivity contribution in [1.82, 2.24) is 24.9 Å². The summed E-state index contributed by atoms with van der Waals surface area (Å²) < 4.78 is 2.09. The Morgan fingerprint density at radius 2 is 2.15 bits per heavy atom. The fourth-order valence-corrected chi connectivity index (χ4v) is 3.18. The van der Waals surface area contributed by atoms with E-state index in [1.165, 1.54) is 29.8 Å². The minimum Gasteiger partial charge on any atom is -0.297 e. The van der Waals surface area contributed by atoms with Gasteiger partial charge >= 0.3 is 0 Å². The van der Waals surface area contributed by atoms with Crippen molar-refractivity contribution in [2.24, 2.45) is 0 Å². The number of aromatic nitrogens is 4. The van der Waals surface area contributed by atoms with Crippen molar-refractivity contribution in [2.75, 3.05) is 13.1 Å². The third-order valence-corrected chi connectivity index (χ3v) is 4.39. The molecule has 0 amide bonds. The number of aryl methyl sites for hydroxylation is 2. The molecule has 1 aliphatic heterocycles. The summed E-state index contributed by atoms with van der Waals surface area (Å²) in [5, 5.41) is 11.5. The molecule has 2 aromatic rings. The van der Waals surface area contributed by atoms with Crippen molar-refractivity contribution in [1.29, 1.82) is 0 Å². The highest BCUT2D eigenvalue weighted by molar-refractivity contribution is 5.20. The van der Waals surface area contributed by atoms with Gasteiger partial charge in [-0.15, -0.1) is 0 Å². The van der Waals surface area contributed by atoms with E-state index < -0.39 is 0 Å². The first kappa shape index (κ1) is 13.4. The van der Waals surface area contributed by atoms with E-state index in [9.17, 15) is 0 Å². The highest BCUT2D eigenvalue weighted by Gasteiger charge is 2.23. The lowest BCUT2D eigenvalue weighted by molar-refractivity contribution is 0.199. The average Bonchev–Trinajstić information content (AvgIpc) is 3.08. The van der Waals surface area contributed by atoms with Gasteiger partial charge in [0.2, 0.25) is 0 Å². The predicted octanol–water partition coefficient (Wildman–Crippen LogP) is 2.31. The van der Waals surface area contributed by atoms with Crippen molar-refractivity contribution in [3.8, 4) is 0 Å². The van der Waals surface area contributed by atoms with Crippen LogP contribution in [0.3, 0.4) is 0 Å². The quantitative estimate of drug-likeness (QED) is 0.930. The summed E-state index contributed by atoms with van der Waals surface area (Å²) in [7, 11) is 0. The Kier molecular flexibility index (Phi) is 3.87. The van der Waals surface area contributed by atoms with Crippen LogP contribution in [0.2, 0.25) is 0 Å². The topological polar surface area (TPSA) is 49.7 Å². The highest BCUT2D eigenvalue weighted by Crippen LogP contribution is 2.29. The molecule has 0 aliphatic carbocycles. The number of piperidine rings is 1. The normalized spacial score (nSPS) is 17.7. The molecule has 1 fully saturated rings. The first-order chi connectivity index (χ1) is 9.78. The highest BCUT2D eigenvalue weighted by atomic mass is 15.3. The van der Waals surface area contributed by atoms with Gasteiger partial charge in [0.15, 0.2) is 0 Å². The first-order valence-electron chi connectivity index (χ1n) is 7.51. The monoisotopic (exact) mass is 273 g/mol. The summed E-state index contributed by atoms with van der Waals surface area (Å²) in [5.74, 6) is 0.668. The van der Waals surface area contributed by atoms with E-state index in [4.69, 9.17) is 0 Å². The number of hydrogen-bond donors (Lipinski definition) is 1. The van der Waals surface area contributed by atoms with Crippen molar-refractivity contribution >= 4 is 0 Å². The number of nitrogens with zero attached hydrogens (tertiary/aromatic N) is 4. The van der Waals surface area contributed by atoms with Gasteiger partial charge in [-0.05, 0) is 57.3 Å². The second-order valence-corrected chi connectivity index (χ2v) is 5.64. The molecule has 0 saturated carbocycles. The smallest absolute Gasteiger partial charge is 0.0524 e. The van der Waals surface area contributed by atoms with Crippen molar-refractivity contribution in [3.63, 3.8) is 0 Å². The molecule has 0 spiro atoms. The molecule has 0 radical (unpaired) electrons. The van der Waals surface area contributed by atoms with Crippen LogP contribution in [0.1, 0.15) is 42.6 Å². The van der Waals surface area contributed by atoms with Gasteiger partial charge in [0.05, 0.1) is 11.9 Å². The maximum Gasteiger partial charge on any atom is 0.0524 e. The van der Waals surface area contributed by atoms with E-state index >= 15 is 0 Å². The molecule has 108 valence electrons. The predicted molar refractivity (Wildman–Crippen MR) is 78.5 cm³/mol. The van der Waals surface area contributed by atoms with Crippen LogP contribution >= 0.6 is 0 Å². The first-order valence-corrected chi connectivity index (χ1v) is 7.51. The summed E-state index contributed by atoms with van der Waals surface area (Å²) in [6.45, 7) is 8.55. The lowest BCUT2D eigenvalue weighted by atomic mass is 9.90. The molecule has 1 aliphatic rings. The summed E-state index contributed by atoms with van der Waals surface area (Å²) in [5.41, 5.74) is 3.96. The second kappa shape index (κ2) is 5.79. The Morgan fingerprint density at radius 3 is 2.80 bits per heavy atom. The molecule has 20 heavy (non-hydrogen) atoms. The standard InChI is InChI=1S/C15H23N5/c1-3-20-14(4-7-17-20)11-19-8-5-13(6-9-19)15-10-16-18-12(15)2/h4,7,10,13H,3,5-6,8-9,11H2,1-2H3,(H,16,18). The SMILES string of the molecule is CCn1nccc1CN1CCC(c2cn[nH]c2C)CC1. The van der Waals surface area contributed by atoms with Crippen LogP contribution < -0.4 is 0 Å². The van der Waals surface area contributed by atoms with Gasteiger partial charge in [-0.1, -0.05) is 0 Å². The van der Waals surface area contributed by atoms with Crippen molar-refractivity contribution < 1.29 is 0 Å². The number of rotatable bonds is 4. The number of hydrogen-bond acceptors (Lipinski definition) is 3. The maximum atomic E-state index is 4.34. The van der Waals surface area contributed by atoms with Crippen LogP contribution in [0.4, 0.5) is 0 Å².